The summed E-state index contributed by atoms with van der Waals surface area (Å²) in [7, 11) is 0. The summed E-state index contributed by atoms with van der Waals surface area (Å²) in [5.74, 6) is -0.980. The van der Waals surface area contributed by atoms with Crippen LogP contribution in [0.2, 0.25) is 0 Å². The summed E-state index contributed by atoms with van der Waals surface area (Å²) < 4.78 is 45.8. The molecule has 0 spiro atoms. The van der Waals surface area contributed by atoms with Gasteiger partial charge in [-0.15, -0.1) is 0 Å². The highest BCUT2D eigenvalue weighted by Crippen LogP contribution is 2.68. The van der Waals surface area contributed by atoms with Gasteiger partial charge in [-0.25, -0.2) is 9.18 Å². The molecule has 2 aliphatic heterocycles. The van der Waals surface area contributed by atoms with Gasteiger partial charge in [-0.3, -0.25) is 9.78 Å². The first kappa shape index (κ1) is 32.0. The zero-order chi connectivity index (χ0) is 33.1. The van der Waals surface area contributed by atoms with Crippen molar-refractivity contribution < 1.29 is 37.7 Å². The van der Waals surface area contributed by atoms with Gasteiger partial charge >= 0.3 is 11.6 Å². The monoisotopic (exact) mass is 647 g/mol. The fourth-order valence-corrected chi connectivity index (χ4v) is 9.22. The van der Waals surface area contributed by atoms with Gasteiger partial charge in [0.05, 0.1) is 18.8 Å². The lowest BCUT2D eigenvalue weighted by molar-refractivity contribution is -0.331. The molecule has 0 bridgehead atoms. The standard InChI is InChI=1S/C37H42FNO8/c1-5-6-12-29(40)45-28-18-26-35(2,14-13-27-36(26,3)20-43-34(46-27)21-9-7-11-23(38)16-21)32-31(41)30-25(47-37(28,32)4)17-24(44-33(30)42)22-10-8-15-39-19-22/h7-11,15-17,19,26-28,31-32,34,41H,5-6,12-14,18,20H2,1-4H3/t26-,27+,28+,31+,32-,34-,35+,36+,37-/m1/s1. The highest BCUT2D eigenvalue weighted by Gasteiger charge is 2.71. The summed E-state index contributed by atoms with van der Waals surface area (Å²) in [5, 5.41) is 12.3. The van der Waals surface area contributed by atoms with Gasteiger partial charge in [0, 0.05) is 47.3 Å². The Balaban J connectivity index is 1.29. The summed E-state index contributed by atoms with van der Waals surface area (Å²) in [6.07, 6.45) is 3.85. The van der Waals surface area contributed by atoms with Crippen molar-refractivity contribution in [2.24, 2.45) is 22.7 Å². The van der Waals surface area contributed by atoms with E-state index in [0.717, 1.165) is 6.42 Å². The maximum absolute atomic E-state index is 14.1. The molecule has 2 aliphatic carbocycles. The van der Waals surface area contributed by atoms with Crippen LogP contribution in [0.3, 0.4) is 0 Å². The highest BCUT2D eigenvalue weighted by molar-refractivity contribution is 5.69. The van der Waals surface area contributed by atoms with Crippen LogP contribution in [0.1, 0.15) is 89.7 Å². The number of ether oxygens (including phenoxy) is 4. The SMILES string of the molecule is CCCCC(=O)O[C@H]1C[C@H]2[C@]3(C)CO[C@@H](c4cccc(F)c4)O[C@H]3CC[C@]2(C)[C@H]2[C@@H](O)c3c(cc(-c4cccnc4)oc3=O)O[C@]12C. The zero-order valence-corrected chi connectivity index (χ0v) is 27.2. The Bertz CT molecular complexity index is 1710. The molecular formula is C37H42FNO8. The Morgan fingerprint density at radius 2 is 1.98 bits per heavy atom. The highest BCUT2D eigenvalue weighted by atomic mass is 19.1. The third kappa shape index (κ3) is 5.20. The Hall–Kier alpha value is -3.60. The first-order valence-corrected chi connectivity index (χ1v) is 16.7. The van der Waals surface area contributed by atoms with E-state index in [1.54, 1.807) is 42.7 Å². The van der Waals surface area contributed by atoms with Crippen LogP contribution in [0, 0.1) is 28.5 Å². The van der Waals surface area contributed by atoms with Crippen molar-refractivity contribution in [3.8, 4) is 17.1 Å². The molecule has 0 unspecified atom stereocenters. The number of esters is 1. The molecule has 3 fully saturated rings. The molecule has 4 aliphatic rings. The lowest BCUT2D eigenvalue weighted by atomic mass is 9.42. The Morgan fingerprint density at radius 1 is 1.15 bits per heavy atom. The minimum Gasteiger partial charge on any atom is -0.482 e. The average molecular weight is 648 g/mol. The van der Waals surface area contributed by atoms with Gasteiger partial charge < -0.3 is 28.5 Å². The molecule has 3 aromatic rings. The van der Waals surface area contributed by atoms with Crippen LogP contribution in [0.5, 0.6) is 5.75 Å². The van der Waals surface area contributed by atoms with E-state index in [1.807, 2.05) is 13.8 Å². The van der Waals surface area contributed by atoms with Crippen LogP contribution in [0.15, 0.2) is 64.1 Å². The number of aliphatic hydroxyl groups excluding tert-OH is 1. The molecule has 9 atom stereocenters. The quantitative estimate of drug-likeness (QED) is 0.292. The minimum absolute atomic E-state index is 0.0626. The van der Waals surface area contributed by atoms with E-state index in [0.29, 0.717) is 43.4 Å². The van der Waals surface area contributed by atoms with Crippen LogP contribution in [-0.2, 0) is 19.0 Å². The third-order valence-corrected chi connectivity index (χ3v) is 11.5. The number of halogens is 1. The number of unbranched alkanes of at least 4 members (excludes halogenated alkanes) is 1. The van der Waals surface area contributed by atoms with Crippen LogP contribution in [-0.4, -0.2) is 40.5 Å². The van der Waals surface area contributed by atoms with E-state index in [4.69, 9.17) is 23.4 Å². The summed E-state index contributed by atoms with van der Waals surface area (Å²) >= 11 is 0. The van der Waals surface area contributed by atoms with Crippen molar-refractivity contribution >= 4 is 5.97 Å². The number of hydrogen-bond donors (Lipinski definition) is 1. The molecule has 47 heavy (non-hydrogen) atoms. The number of aromatic nitrogens is 1. The predicted octanol–water partition coefficient (Wildman–Crippen LogP) is 6.68. The van der Waals surface area contributed by atoms with Crippen LogP contribution in [0.4, 0.5) is 4.39 Å². The van der Waals surface area contributed by atoms with E-state index >= 15 is 0 Å². The van der Waals surface area contributed by atoms with Crippen LogP contribution < -0.4 is 10.4 Å². The topological polar surface area (TPSA) is 117 Å². The van der Waals surface area contributed by atoms with E-state index in [2.05, 4.69) is 18.8 Å². The van der Waals surface area contributed by atoms with Crippen molar-refractivity contribution in [1.29, 1.82) is 0 Å². The van der Waals surface area contributed by atoms with E-state index in [9.17, 15) is 19.1 Å². The first-order valence-electron chi connectivity index (χ1n) is 16.7. The molecule has 9 nitrogen and oxygen atoms in total. The second-order valence-corrected chi connectivity index (χ2v) is 14.4. The second-order valence-electron chi connectivity index (χ2n) is 14.4. The predicted molar refractivity (Wildman–Crippen MR) is 169 cm³/mol. The Morgan fingerprint density at radius 3 is 2.72 bits per heavy atom. The van der Waals surface area contributed by atoms with Crippen molar-refractivity contribution in [2.75, 3.05) is 6.61 Å². The second kappa shape index (κ2) is 11.8. The number of fused-ring (bicyclic) bond motifs is 6. The molecular weight excluding hydrogens is 605 g/mol. The van der Waals surface area contributed by atoms with Crippen molar-refractivity contribution in [1.82, 2.24) is 4.98 Å². The van der Waals surface area contributed by atoms with Crippen LogP contribution >= 0.6 is 0 Å². The largest absolute Gasteiger partial charge is 0.482 e. The number of pyridine rings is 1. The Kier molecular flexibility index (Phi) is 8.04. The Labute approximate surface area is 273 Å². The lowest BCUT2D eigenvalue weighted by Gasteiger charge is -2.67. The number of hydrogen-bond acceptors (Lipinski definition) is 9. The normalized spacial score (nSPS) is 35.8. The van der Waals surface area contributed by atoms with E-state index < -0.39 is 46.5 Å². The number of nitrogens with zero attached hydrogens (tertiary/aromatic N) is 1. The molecule has 1 N–H and O–H groups in total. The molecule has 1 saturated heterocycles. The van der Waals surface area contributed by atoms with Gasteiger partial charge in [0.25, 0.3) is 0 Å². The van der Waals surface area contributed by atoms with E-state index in [1.165, 1.54) is 12.1 Å². The van der Waals surface area contributed by atoms with Crippen molar-refractivity contribution in [3.05, 3.63) is 82.2 Å². The molecule has 7 rings (SSSR count). The number of carbonyl (C=O) groups excluding carboxylic acids is 1. The van der Waals surface area contributed by atoms with Gasteiger partial charge in [-0.1, -0.05) is 39.3 Å². The average Bonchev–Trinajstić information content (AvgIpc) is 3.04. The molecule has 10 heteroatoms. The molecule has 2 aromatic heterocycles. The summed E-state index contributed by atoms with van der Waals surface area (Å²) in [5.41, 5.74) is -1.69. The minimum atomic E-state index is -1.25. The van der Waals surface area contributed by atoms with Crippen LogP contribution in [0.25, 0.3) is 11.3 Å². The summed E-state index contributed by atoms with van der Waals surface area (Å²) in [4.78, 5) is 31.0. The van der Waals surface area contributed by atoms with Gasteiger partial charge in [0.1, 0.15) is 34.6 Å². The molecule has 4 heterocycles. The van der Waals surface area contributed by atoms with Gasteiger partial charge in [-0.2, -0.15) is 0 Å². The molecule has 2 saturated carbocycles. The van der Waals surface area contributed by atoms with Crippen molar-refractivity contribution in [3.63, 3.8) is 0 Å². The summed E-state index contributed by atoms with van der Waals surface area (Å²) in [6.45, 7) is 8.49. The number of aliphatic hydroxyl groups is 1. The maximum atomic E-state index is 14.1. The maximum Gasteiger partial charge on any atom is 0.345 e. The molecule has 1 aromatic carbocycles. The lowest BCUT2D eigenvalue weighted by Crippen LogP contribution is -2.71. The zero-order valence-electron chi connectivity index (χ0n) is 27.2. The number of benzene rings is 1. The summed E-state index contributed by atoms with van der Waals surface area (Å²) in [6, 6.07) is 11.4. The number of rotatable bonds is 6. The molecule has 0 radical (unpaired) electrons. The third-order valence-electron chi connectivity index (χ3n) is 11.5. The molecule has 250 valence electrons. The van der Waals surface area contributed by atoms with Gasteiger partial charge in [0.15, 0.2) is 6.29 Å². The first-order chi connectivity index (χ1) is 22.5. The fraction of sp³-hybridized carbons (Fsp3) is 0.541. The van der Waals surface area contributed by atoms with Gasteiger partial charge in [-0.05, 0) is 68.2 Å². The van der Waals surface area contributed by atoms with E-state index in [-0.39, 0.29) is 47.3 Å². The van der Waals surface area contributed by atoms with Gasteiger partial charge in [0.2, 0.25) is 0 Å². The fourth-order valence-electron chi connectivity index (χ4n) is 9.22. The molecule has 0 amide bonds. The number of carbonyl (C=O) groups is 1. The smallest absolute Gasteiger partial charge is 0.345 e. The van der Waals surface area contributed by atoms with Crippen molar-refractivity contribution in [2.45, 2.75) is 96.4 Å².